The molecule has 1 aliphatic carbocycles. The number of nitrogens with zero attached hydrogens (tertiary/aromatic N) is 1. The number of carbonyl (C=O) groups excluding carboxylic acids is 1. The number of hydrogen-bond acceptors (Lipinski definition) is 1. The van der Waals surface area contributed by atoms with Crippen molar-refractivity contribution in [2.24, 2.45) is 11.8 Å². The lowest BCUT2D eigenvalue weighted by Crippen LogP contribution is -2.32. The number of carbonyl (C=O) groups is 1. The molecule has 4 unspecified atom stereocenters. The Hall–Kier alpha value is -2.00. The van der Waals surface area contributed by atoms with Crippen LogP contribution in [0.1, 0.15) is 41.4 Å². The van der Waals surface area contributed by atoms with Crippen LogP contribution in [0.15, 0.2) is 72.8 Å². The third-order valence-corrected chi connectivity index (χ3v) is 8.22. The van der Waals surface area contributed by atoms with Gasteiger partial charge in [0.1, 0.15) is 0 Å². The molecule has 170 valence electrons. The lowest BCUT2D eigenvalue weighted by Gasteiger charge is -2.40. The van der Waals surface area contributed by atoms with Gasteiger partial charge in [-0.2, -0.15) is 0 Å². The molecule has 1 saturated heterocycles. The highest BCUT2D eigenvalue weighted by Crippen LogP contribution is 2.53. The van der Waals surface area contributed by atoms with Gasteiger partial charge in [-0.25, -0.2) is 0 Å². The fourth-order valence-electron chi connectivity index (χ4n) is 5.88. The van der Waals surface area contributed by atoms with E-state index in [4.69, 9.17) is 34.8 Å². The van der Waals surface area contributed by atoms with Crippen LogP contribution >= 0.6 is 34.8 Å². The maximum atomic E-state index is 13.2. The Kier molecular flexibility index (Phi) is 6.69. The first-order valence-corrected chi connectivity index (χ1v) is 12.6. The van der Waals surface area contributed by atoms with Crippen LogP contribution in [0.5, 0.6) is 0 Å². The smallest absolute Gasteiger partial charge is 0.227 e. The van der Waals surface area contributed by atoms with Crippen LogP contribution in [-0.2, 0) is 11.2 Å². The number of fused-ring (bicyclic) bond motifs is 1. The van der Waals surface area contributed by atoms with Gasteiger partial charge in [0.05, 0.1) is 6.42 Å². The Morgan fingerprint density at radius 3 is 2.30 bits per heavy atom. The van der Waals surface area contributed by atoms with E-state index < -0.39 is 0 Å². The first-order chi connectivity index (χ1) is 16.0. The molecule has 1 heterocycles. The van der Waals surface area contributed by atoms with Crippen molar-refractivity contribution in [1.82, 2.24) is 4.90 Å². The number of hydrogen-bond donors (Lipinski definition) is 0. The average Bonchev–Trinajstić information content (AvgIpc) is 3.25. The molecule has 3 aromatic rings. The number of likely N-dealkylation sites (tertiary alicyclic amines) is 1. The minimum Gasteiger partial charge on any atom is -0.342 e. The topological polar surface area (TPSA) is 20.3 Å². The summed E-state index contributed by atoms with van der Waals surface area (Å²) in [5.41, 5.74) is 3.48. The predicted octanol–water partition coefficient (Wildman–Crippen LogP) is 7.63. The molecule has 0 bridgehead atoms. The van der Waals surface area contributed by atoms with Crippen molar-refractivity contribution >= 4 is 40.7 Å². The third kappa shape index (κ3) is 4.80. The van der Waals surface area contributed by atoms with E-state index in [0.29, 0.717) is 23.3 Å². The minimum atomic E-state index is 0.214. The number of rotatable bonds is 4. The third-order valence-electron chi connectivity index (χ3n) is 7.40. The zero-order valence-electron chi connectivity index (χ0n) is 18.3. The van der Waals surface area contributed by atoms with Gasteiger partial charge in [0.2, 0.25) is 5.91 Å². The summed E-state index contributed by atoms with van der Waals surface area (Å²) < 4.78 is 0. The summed E-state index contributed by atoms with van der Waals surface area (Å²) >= 11 is 19.1. The molecule has 0 aromatic heterocycles. The molecule has 1 aliphatic heterocycles. The SMILES string of the molecule is O=C(Cc1ccccc1)N1CC2CCC(c3ccc(Cl)cc3Cl)C(c3ccc(Cl)cc3)C2C1. The lowest BCUT2D eigenvalue weighted by molar-refractivity contribution is -0.129. The molecule has 1 saturated carbocycles. The van der Waals surface area contributed by atoms with E-state index in [2.05, 4.69) is 23.1 Å². The van der Waals surface area contributed by atoms with Crippen molar-refractivity contribution in [1.29, 1.82) is 0 Å². The van der Waals surface area contributed by atoms with E-state index in [1.807, 2.05) is 54.6 Å². The molecular formula is C28H26Cl3NO. The van der Waals surface area contributed by atoms with Crippen molar-refractivity contribution in [3.8, 4) is 0 Å². The van der Waals surface area contributed by atoms with E-state index in [9.17, 15) is 4.79 Å². The van der Waals surface area contributed by atoms with Gasteiger partial charge in [-0.05, 0) is 77.5 Å². The Balaban J connectivity index is 1.45. The van der Waals surface area contributed by atoms with E-state index in [1.165, 1.54) is 5.56 Å². The van der Waals surface area contributed by atoms with E-state index in [-0.39, 0.29) is 17.7 Å². The lowest BCUT2D eigenvalue weighted by atomic mass is 9.63. The van der Waals surface area contributed by atoms with Crippen molar-refractivity contribution in [3.63, 3.8) is 0 Å². The molecular weight excluding hydrogens is 473 g/mol. The van der Waals surface area contributed by atoms with Gasteiger partial charge in [0.15, 0.2) is 0 Å². The fourth-order valence-corrected chi connectivity index (χ4v) is 6.56. The van der Waals surface area contributed by atoms with E-state index >= 15 is 0 Å². The molecule has 3 aromatic carbocycles. The quantitative estimate of drug-likeness (QED) is 0.362. The summed E-state index contributed by atoms with van der Waals surface area (Å²) in [6.07, 6.45) is 2.59. The minimum absolute atomic E-state index is 0.214. The molecule has 2 fully saturated rings. The molecule has 0 N–H and O–H groups in total. The second-order valence-electron chi connectivity index (χ2n) is 9.31. The molecule has 2 aliphatic rings. The van der Waals surface area contributed by atoms with Gasteiger partial charge in [0, 0.05) is 28.2 Å². The van der Waals surface area contributed by atoms with E-state index in [0.717, 1.165) is 47.1 Å². The Morgan fingerprint density at radius 2 is 1.58 bits per heavy atom. The van der Waals surface area contributed by atoms with Crippen molar-refractivity contribution < 1.29 is 4.79 Å². The van der Waals surface area contributed by atoms with Gasteiger partial charge in [0.25, 0.3) is 0 Å². The van der Waals surface area contributed by atoms with Crippen molar-refractivity contribution in [3.05, 3.63) is 105 Å². The summed E-state index contributed by atoms with van der Waals surface area (Å²) in [5.74, 6) is 1.64. The zero-order valence-corrected chi connectivity index (χ0v) is 20.5. The average molecular weight is 499 g/mol. The maximum absolute atomic E-state index is 13.2. The highest BCUT2D eigenvalue weighted by atomic mass is 35.5. The molecule has 1 amide bonds. The van der Waals surface area contributed by atoms with Crippen LogP contribution in [0.2, 0.25) is 15.1 Å². The molecule has 4 atom stereocenters. The Morgan fingerprint density at radius 1 is 0.848 bits per heavy atom. The first kappa shape index (κ1) is 22.8. The number of amides is 1. The Labute approximate surface area is 210 Å². The summed E-state index contributed by atoms with van der Waals surface area (Å²) in [6.45, 7) is 1.62. The van der Waals surface area contributed by atoms with Gasteiger partial charge >= 0.3 is 0 Å². The van der Waals surface area contributed by atoms with Crippen LogP contribution in [0, 0.1) is 11.8 Å². The second kappa shape index (κ2) is 9.70. The fraction of sp³-hybridized carbons (Fsp3) is 0.321. The van der Waals surface area contributed by atoms with Gasteiger partial charge in [-0.3, -0.25) is 4.79 Å². The van der Waals surface area contributed by atoms with Crippen LogP contribution in [0.3, 0.4) is 0 Å². The van der Waals surface area contributed by atoms with Gasteiger partial charge in [-0.1, -0.05) is 83.3 Å². The molecule has 5 rings (SSSR count). The van der Waals surface area contributed by atoms with Crippen LogP contribution in [0.4, 0.5) is 0 Å². The van der Waals surface area contributed by atoms with Crippen molar-refractivity contribution in [2.75, 3.05) is 13.1 Å². The zero-order chi connectivity index (χ0) is 22.9. The number of benzene rings is 3. The normalized spacial score (nSPS) is 24.5. The predicted molar refractivity (Wildman–Crippen MR) is 136 cm³/mol. The van der Waals surface area contributed by atoms with Crippen LogP contribution in [0.25, 0.3) is 0 Å². The number of halogens is 3. The molecule has 2 nitrogen and oxygen atoms in total. The summed E-state index contributed by atoms with van der Waals surface area (Å²) in [6, 6.07) is 24.1. The molecule has 0 spiro atoms. The van der Waals surface area contributed by atoms with Gasteiger partial charge < -0.3 is 4.90 Å². The highest BCUT2D eigenvalue weighted by molar-refractivity contribution is 6.35. The summed E-state index contributed by atoms with van der Waals surface area (Å²) in [5, 5.41) is 2.11. The summed E-state index contributed by atoms with van der Waals surface area (Å²) in [4.78, 5) is 15.2. The molecule has 0 radical (unpaired) electrons. The molecule has 33 heavy (non-hydrogen) atoms. The van der Waals surface area contributed by atoms with Crippen LogP contribution in [-0.4, -0.2) is 23.9 Å². The Bertz CT molecular complexity index is 1130. The van der Waals surface area contributed by atoms with Crippen LogP contribution < -0.4 is 0 Å². The first-order valence-electron chi connectivity index (χ1n) is 11.5. The standard InChI is InChI=1S/C28H26Cl3NO/c29-21-9-6-19(7-10-21)28-24(23-13-11-22(30)15-26(23)31)12-8-20-16-32(17-25(20)28)27(33)14-18-4-2-1-3-5-18/h1-7,9-11,13,15,20,24-25,28H,8,12,14,16-17H2. The van der Waals surface area contributed by atoms with E-state index in [1.54, 1.807) is 0 Å². The van der Waals surface area contributed by atoms with Gasteiger partial charge in [-0.15, -0.1) is 0 Å². The highest BCUT2D eigenvalue weighted by Gasteiger charge is 2.46. The molecule has 5 heteroatoms. The monoisotopic (exact) mass is 497 g/mol. The maximum Gasteiger partial charge on any atom is 0.227 e. The second-order valence-corrected chi connectivity index (χ2v) is 10.6. The van der Waals surface area contributed by atoms with Crippen molar-refractivity contribution in [2.45, 2.75) is 31.1 Å². The largest absolute Gasteiger partial charge is 0.342 e. The summed E-state index contributed by atoms with van der Waals surface area (Å²) in [7, 11) is 0.